The van der Waals surface area contributed by atoms with Crippen LogP contribution in [-0.4, -0.2) is 49.4 Å². The number of hydrogen-bond donors (Lipinski definition) is 2. The number of aromatic nitrogens is 3. The molecule has 2 aliphatic heterocycles. The monoisotopic (exact) mass is 386 g/mol. The maximum atomic E-state index is 13.3. The number of fused-ring (bicyclic) bond motifs is 1. The molecule has 2 aromatic rings. The Labute approximate surface area is 161 Å². The fourth-order valence-corrected chi connectivity index (χ4v) is 5.93. The third kappa shape index (κ3) is 2.91. The number of nitrogens with zero attached hydrogens (tertiary/aromatic N) is 3. The van der Waals surface area contributed by atoms with Crippen LogP contribution in [0.3, 0.4) is 0 Å². The molecule has 27 heavy (non-hydrogen) atoms. The fraction of sp³-hybridized carbons (Fsp3) is 0.526. The molecular formula is C19H22N4O3S. The SMILES string of the molecule is O=C(C1C=C(c2cn[nH]c2)SC1)N1CCCC2CC(O)(c3ncco3)CC21. The van der Waals surface area contributed by atoms with Crippen molar-refractivity contribution in [3.05, 3.63) is 42.4 Å². The van der Waals surface area contributed by atoms with E-state index in [9.17, 15) is 9.90 Å². The minimum Gasteiger partial charge on any atom is -0.446 e. The molecule has 7 nitrogen and oxygen atoms in total. The van der Waals surface area contributed by atoms with Gasteiger partial charge in [0.1, 0.15) is 11.9 Å². The Morgan fingerprint density at radius 1 is 1.44 bits per heavy atom. The number of piperidine rings is 1. The zero-order valence-corrected chi connectivity index (χ0v) is 15.7. The van der Waals surface area contributed by atoms with E-state index < -0.39 is 5.60 Å². The molecule has 3 aliphatic rings. The molecule has 0 aromatic carbocycles. The topological polar surface area (TPSA) is 95.2 Å². The number of likely N-dealkylation sites (tertiary alicyclic amines) is 1. The second-order valence-electron chi connectivity index (χ2n) is 7.71. The van der Waals surface area contributed by atoms with Gasteiger partial charge in [-0.05, 0) is 25.2 Å². The summed E-state index contributed by atoms with van der Waals surface area (Å²) >= 11 is 1.70. The normalized spacial score (nSPS) is 33.1. The third-order valence-electron chi connectivity index (χ3n) is 6.05. The van der Waals surface area contributed by atoms with Gasteiger partial charge in [0.25, 0.3) is 0 Å². The molecule has 4 unspecified atom stereocenters. The van der Waals surface area contributed by atoms with Crippen molar-refractivity contribution in [1.29, 1.82) is 0 Å². The Morgan fingerprint density at radius 3 is 3.15 bits per heavy atom. The Hall–Kier alpha value is -2.06. The van der Waals surface area contributed by atoms with Crippen LogP contribution in [0.15, 0.2) is 35.3 Å². The summed E-state index contributed by atoms with van der Waals surface area (Å²) in [6, 6.07) is 0.0551. The summed E-state index contributed by atoms with van der Waals surface area (Å²) < 4.78 is 5.39. The Balaban J connectivity index is 1.35. The van der Waals surface area contributed by atoms with Crippen molar-refractivity contribution in [3.63, 3.8) is 0 Å². The van der Waals surface area contributed by atoms with E-state index in [-0.39, 0.29) is 17.9 Å². The van der Waals surface area contributed by atoms with Crippen molar-refractivity contribution in [2.24, 2.45) is 11.8 Å². The molecular weight excluding hydrogens is 364 g/mol. The number of nitrogens with one attached hydrogen (secondary N) is 1. The predicted molar refractivity (Wildman–Crippen MR) is 100 cm³/mol. The number of aliphatic hydroxyl groups is 1. The third-order valence-corrected chi connectivity index (χ3v) is 7.26. The number of rotatable bonds is 3. The summed E-state index contributed by atoms with van der Waals surface area (Å²) in [4.78, 5) is 20.6. The molecule has 0 radical (unpaired) electrons. The zero-order chi connectivity index (χ0) is 18.4. The van der Waals surface area contributed by atoms with E-state index in [1.54, 1.807) is 24.2 Å². The first kappa shape index (κ1) is 17.1. The van der Waals surface area contributed by atoms with Crippen LogP contribution in [-0.2, 0) is 10.4 Å². The molecule has 2 aromatic heterocycles. The van der Waals surface area contributed by atoms with Crippen LogP contribution in [0, 0.1) is 11.8 Å². The van der Waals surface area contributed by atoms with Crippen LogP contribution in [0.4, 0.5) is 0 Å². The van der Waals surface area contributed by atoms with Crippen molar-refractivity contribution in [2.45, 2.75) is 37.3 Å². The molecule has 1 saturated carbocycles. The minimum atomic E-state index is -1.07. The predicted octanol–water partition coefficient (Wildman–Crippen LogP) is 2.39. The van der Waals surface area contributed by atoms with Gasteiger partial charge in [0.15, 0.2) is 0 Å². The lowest BCUT2D eigenvalue weighted by atomic mass is 9.90. The van der Waals surface area contributed by atoms with Crippen molar-refractivity contribution in [3.8, 4) is 0 Å². The van der Waals surface area contributed by atoms with E-state index in [1.165, 1.54) is 6.26 Å². The lowest BCUT2D eigenvalue weighted by Crippen LogP contribution is -2.48. The summed E-state index contributed by atoms with van der Waals surface area (Å²) in [5.74, 6) is 1.49. The van der Waals surface area contributed by atoms with Gasteiger partial charge in [-0.1, -0.05) is 6.08 Å². The highest BCUT2D eigenvalue weighted by Gasteiger charge is 2.52. The van der Waals surface area contributed by atoms with Crippen LogP contribution in [0.1, 0.15) is 37.1 Å². The lowest BCUT2D eigenvalue weighted by molar-refractivity contribution is -0.138. The molecule has 2 N–H and O–H groups in total. The molecule has 1 amide bonds. The van der Waals surface area contributed by atoms with Gasteiger partial charge in [-0.25, -0.2) is 4.98 Å². The highest BCUT2D eigenvalue weighted by atomic mass is 32.2. The van der Waals surface area contributed by atoms with Gasteiger partial charge in [0.2, 0.25) is 11.8 Å². The standard InChI is InChI=1S/C19H22N4O3S/c24-17(13-6-16(27-11-13)14-9-21-22-10-14)23-4-1-2-12-7-19(25,8-15(12)23)18-20-3-5-26-18/h3,5-6,9-10,12-13,15,25H,1-2,4,7-8,11H2,(H,21,22). The Bertz CT molecular complexity index is 850. The molecule has 8 heteroatoms. The Morgan fingerprint density at radius 2 is 2.37 bits per heavy atom. The number of carbonyl (C=O) groups is 1. The van der Waals surface area contributed by atoms with Crippen LogP contribution in [0.5, 0.6) is 0 Å². The number of amides is 1. The van der Waals surface area contributed by atoms with Gasteiger partial charge in [-0.15, -0.1) is 11.8 Å². The van der Waals surface area contributed by atoms with E-state index in [0.29, 0.717) is 24.7 Å². The van der Waals surface area contributed by atoms with E-state index in [1.807, 2.05) is 11.1 Å². The highest BCUT2D eigenvalue weighted by Crippen LogP contribution is 2.48. The number of thioether (sulfide) groups is 1. The molecule has 2 fully saturated rings. The number of carbonyl (C=O) groups excluding carboxylic acids is 1. The molecule has 5 rings (SSSR count). The van der Waals surface area contributed by atoms with E-state index in [0.717, 1.165) is 35.6 Å². The van der Waals surface area contributed by atoms with E-state index in [2.05, 4.69) is 21.3 Å². The molecule has 4 atom stereocenters. The maximum absolute atomic E-state index is 13.3. The molecule has 1 aliphatic carbocycles. The quantitative estimate of drug-likeness (QED) is 0.841. The fourth-order valence-electron chi connectivity index (χ4n) is 4.80. The van der Waals surface area contributed by atoms with Crippen molar-refractivity contribution in [2.75, 3.05) is 12.3 Å². The average Bonchev–Trinajstić information content (AvgIpc) is 3.47. The van der Waals surface area contributed by atoms with Gasteiger partial charge >= 0.3 is 0 Å². The Kier molecular flexibility index (Phi) is 4.12. The number of oxazole rings is 1. The van der Waals surface area contributed by atoms with Crippen LogP contribution >= 0.6 is 11.8 Å². The molecule has 142 valence electrons. The van der Waals surface area contributed by atoms with Crippen molar-refractivity contribution >= 4 is 22.6 Å². The smallest absolute Gasteiger partial charge is 0.230 e. The first-order valence-corrected chi connectivity index (χ1v) is 10.4. The summed E-state index contributed by atoms with van der Waals surface area (Å²) in [5, 5.41) is 17.9. The first-order valence-electron chi connectivity index (χ1n) is 9.41. The van der Waals surface area contributed by atoms with Crippen LogP contribution in [0.2, 0.25) is 0 Å². The maximum Gasteiger partial charge on any atom is 0.230 e. The van der Waals surface area contributed by atoms with Gasteiger partial charge in [0.05, 0.1) is 18.3 Å². The van der Waals surface area contributed by atoms with E-state index >= 15 is 0 Å². The van der Waals surface area contributed by atoms with Gasteiger partial charge in [0, 0.05) is 41.4 Å². The minimum absolute atomic E-state index is 0.0551. The van der Waals surface area contributed by atoms with Gasteiger partial charge in [-0.2, -0.15) is 5.10 Å². The lowest BCUT2D eigenvalue weighted by Gasteiger charge is -2.38. The van der Waals surface area contributed by atoms with Gasteiger partial charge < -0.3 is 14.4 Å². The molecule has 0 spiro atoms. The molecule has 1 saturated heterocycles. The first-order chi connectivity index (χ1) is 13.1. The second-order valence-corrected chi connectivity index (χ2v) is 8.78. The summed E-state index contributed by atoms with van der Waals surface area (Å²) in [6.45, 7) is 0.762. The summed E-state index contributed by atoms with van der Waals surface area (Å²) in [5.41, 5.74) is -0.0323. The van der Waals surface area contributed by atoms with Crippen LogP contribution in [0.25, 0.3) is 4.91 Å². The largest absolute Gasteiger partial charge is 0.446 e. The van der Waals surface area contributed by atoms with Crippen LogP contribution < -0.4 is 0 Å². The second kappa shape index (κ2) is 6.53. The summed E-state index contributed by atoms with van der Waals surface area (Å²) in [7, 11) is 0. The van der Waals surface area contributed by atoms with Crippen molar-refractivity contribution in [1.82, 2.24) is 20.1 Å². The van der Waals surface area contributed by atoms with Gasteiger partial charge in [-0.3, -0.25) is 9.89 Å². The highest BCUT2D eigenvalue weighted by molar-refractivity contribution is 8.08. The number of aromatic amines is 1. The summed E-state index contributed by atoms with van der Waals surface area (Å²) in [6.07, 6.45) is 11.9. The number of H-pyrrole nitrogens is 1. The van der Waals surface area contributed by atoms with Crippen molar-refractivity contribution < 1.29 is 14.3 Å². The van der Waals surface area contributed by atoms with E-state index in [4.69, 9.17) is 4.42 Å². The molecule has 4 heterocycles. The number of hydrogen-bond acceptors (Lipinski definition) is 6. The average molecular weight is 386 g/mol. The molecule has 0 bridgehead atoms. The zero-order valence-electron chi connectivity index (χ0n) is 14.9.